The molecule has 0 spiro atoms. The summed E-state index contributed by atoms with van der Waals surface area (Å²) in [5.74, 6) is -0.0323. The fraction of sp³-hybridized carbons (Fsp3) is 0.273. The van der Waals surface area contributed by atoms with E-state index in [0.717, 1.165) is 29.1 Å². The Labute approximate surface area is 164 Å². The van der Waals surface area contributed by atoms with Gasteiger partial charge in [-0.05, 0) is 37.5 Å². The molecule has 0 aliphatic rings. The molecule has 2 aromatic carbocycles. The molecule has 0 fully saturated rings. The van der Waals surface area contributed by atoms with Crippen molar-refractivity contribution < 1.29 is 4.79 Å². The van der Waals surface area contributed by atoms with Crippen LogP contribution >= 0.6 is 11.3 Å². The van der Waals surface area contributed by atoms with Crippen LogP contribution in [0.2, 0.25) is 0 Å². The lowest BCUT2D eigenvalue weighted by Crippen LogP contribution is -2.24. The quantitative estimate of drug-likeness (QED) is 0.613. The number of aryl methyl sites for hydroxylation is 2. The predicted molar refractivity (Wildman–Crippen MR) is 114 cm³/mol. The number of nitrogens with zero attached hydrogens (tertiary/aromatic N) is 2. The van der Waals surface area contributed by atoms with E-state index in [-0.39, 0.29) is 5.91 Å². The van der Waals surface area contributed by atoms with Crippen LogP contribution in [-0.4, -0.2) is 31.5 Å². The van der Waals surface area contributed by atoms with Crippen LogP contribution < -0.4 is 10.2 Å². The maximum atomic E-state index is 12.5. The van der Waals surface area contributed by atoms with Crippen molar-refractivity contribution in [3.05, 3.63) is 70.7 Å². The van der Waals surface area contributed by atoms with E-state index in [1.54, 1.807) is 0 Å². The van der Waals surface area contributed by atoms with Crippen molar-refractivity contribution in [3.8, 4) is 10.6 Å². The largest absolute Gasteiger partial charge is 0.378 e. The van der Waals surface area contributed by atoms with E-state index in [1.165, 1.54) is 22.6 Å². The van der Waals surface area contributed by atoms with E-state index < -0.39 is 0 Å². The van der Waals surface area contributed by atoms with Gasteiger partial charge in [0.25, 0.3) is 5.91 Å². The number of amides is 1. The highest BCUT2D eigenvalue weighted by Gasteiger charge is 2.15. The number of thiazole rings is 1. The maximum absolute atomic E-state index is 12.5. The molecule has 1 N–H and O–H groups in total. The lowest BCUT2D eigenvalue weighted by molar-refractivity contribution is 0.0956. The Bertz CT molecular complexity index is 886. The van der Waals surface area contributed by atoms with E-state index in [0.29, 0.717) is 11.4 Å². The lowest BCUT2D eigenvalue weighted by atomic mass is 10.1. The lowest BCUT2D eigenvalue weighted by Gasteiger charge is -2.12. The van der Waals surface area contributed by atoms with Crippen LogP contribution in [0.25, 0.3) is 10.6 Å². The van der Waals surface area contributed by atoms with E-state index in [2.05, 4.69) is 39.5 Å². The molecule has 0 aliphatic heterocycles. The third kappa shape index (κ3) is 4.95. The summed E-state index contributed by atoms with van der Waals surface area (Å²) in [6.45, 7) is 2.55. The minimum Gasteiger partial charge on any atom is -0.378 e. The van der Waals surface area contributed by atoms with Gasteiger partial charge in [0.2, 0.25) is 0 Å². The van der Waals surface area contributed by atoms with Gasteiger partial charge in [0.15, 0.2) is 0 Å². The summed E-state index contributed by atoms with van der Waals surface area (Å²) < 4.78 is 0. The van der Waals surface area contributed by atoms with Crippen LogP contribution in [0.4, 0.5) is 5.69 Å². The molecule has 140 valence electrons. The van der Waals surface area contributed by atoms with Crippen molar-refractivity contribution >= 4 is 22.9 Å². The molecule has 3 aromatic rings. The van der Waals surface area contributed by atoms with E-state index in [4.69, 9.17) is 0 Å². The first kappa shape index (κ1) is 19.1. The molecule has 3 rings (SSSR count). The van der Waals surface area contributed by atoms with Gasteiger partial charge < -0.3 is 10.2 Å². The molecule has 4 nitrogen and oxygen atoms in total. The van der Waals surface area contributed by atoms with Crippen molar-refractivity contribution in [2.75, 3.05) is 25.5 Å². The van der Waals surface area contributed by atoms with Gasteiger partial charge in [0.05, 0.1) is 5.69 Å². The summed E-state index contributed by atoms with van der Waals surface area (Å²) >= 11 is 1.45. The van der Waals surface area contributed by atoms with E-state index in [9.17, 15) is 4.79 Å². The molecule has 0 saturated heterocycles. The Morgan fingerprint density at radius 1 is 1.07 bits per heavy atom. The van der Waals surface area contributed by atoms with Crippen LogP contribution in [0.1, 0.15) is 27.3 Å². The zero-order chi connectivity index (χ0) is 19.2. The standard InChI is InChI=1S/C22H25N3OS/c1-16-20(27-22(24-16)18-9-5-4-6-10-18)21(26)23-15-7-8-17-11-13-19(14-12-17)25(2)3/h4-6,9-14H,7-8,15H2,1-3H3,(H,23,26). The van der Waals surface area contributed by atoms with Crippen LogP contribution in [0.15, 0.2) is 54.6 Å². The average molecular weight is 380 g/mol. The molecular weight excluding hydrogens is 354 g/mol. The van der Waals surface area contributed by atoms with Crippen molar-refractivity contribution in [3.63, 3.8) is 0 Å². The minimum absolute atomic E-state index is 0.0323. The monoisotopic (exact) mass is 379 g/mol. The first-order chi connectivity index (χ1) is 13.0. The maximum Gasteiger partial charge on any atom is 0.263 e. The first-order valence-corrected chi connectivity index (χ1v) is 9.93. The van der Waals surface area contributed by atoms with Gasteiger partial charge in [-0.2, -0.15) is 0 Å². The van der Waals surface area contributed by atoms with Gasteiger partial charge in [-0.1, -0.05) is 42.5 Å². The number of anilines is 1. The molecule has 0 bridgehead atoms. The third-order valence-electron chi connectivity index (χ3n) is 4.40. The Kier molecular flexibility index (Phi) is 6.24. The highest BCUT2D eigenvalue weighted by Crippen LogP contribution is 2.27. The first-order valence-electron chi connectivity index (χ1n) is 9.12. The molecule has 0 saturated carbocycles. The molecule has 1 heterocycles. The summed E-state index contributed by atoms with van der Waals surface area (Å²) in [5, 5.41) is 3.92. The highest BCUT2D eigenvalue weighted by molar-refractivity contribution is 7.17. The molecule has 27 heavy (non-hydrogen) atoms. The SMILES string of the molecule is Cc1nc(-c2ccccc2)sc1C(=O)NCCCc1ccc(N(C)C)cc1. The number of carbonyl (C=O) groups excluding carboxylic acids is 1. The summed E-state index contributed by atoms with van der Waals surface area (Å²) in [7, 11) is 4.07. The molecule has 0 unspecified atom stereocenters. The molecule has 0 atom stereocenters. The number of aromatic nitrogens is 1. The van der Waals surface area contributed by atoms with Gasteiger partial charge in [0.1, 0.15) is 9.88 Å². The molecule has 5 heteroatoms. The number of carbonyl (C=O) groups is 1. The molecule has 0 radical (unpaired) electrons. The molecule has 1 amide bonds. The van der Waals surface area contributed by atoms with Gasteiger partial charge in [-0.15, -0.1) is 11.3 Å². The van der Waals surface area contributed by atoms with Crippen LogP contribution in [0.5, 0.6) is 0 Å². The minimum atomic E-state index is -0.0323. The van der Waals surface area contributed by atoms with E-state index >= 15 is 0 Å². The number of hydrogen-bond acceptors (Lipinski definition) is 4. The van der Waals surface area contributed by atoms with Crippen molar-refractivity contribution in [1.29, 1.82) is 0 Å². The third-order valence-corrected chi connectivity index (χ3v) is 5.61. The van der Waals surface area contributed by atoms with Gasteiger partial charge >= 0.3 is 0 Å². The summed E-state index contributed by atoms with van der Waals surface area (Å²) in [6.07, 6.45) is 1.86. The van der Waals surface area contributed by atoms with Gasteiger partial charge in [-0.3, -0.25) is 4.79 Å². The second-order valence-corrected chi connectivity index (χ2v) is 7.72. The average Bonchev–Trinajstić information content (AvgIpc) is 3.08. The number of rotatable bonds is 7. The Balaban J connectivity index is 1.52. The van der Waals surface area contributed by atoms with Crippen LogP contribution in [0.3, 0.4) is 0 Å². The fourth-order valence-electron chi connectivity index (χ4n) is 2.85. The molecule has 1 aromatic heterocycles. The molecule has 0 aliphatic carbocycles. The number of nitrogens with one attached hydrogen (secondary N) is 1. The Hall–Kier alpha value is -2.66. The second-order valence-electron chi connectivity index (χ2n) is 6.72. The van der Waals surface area contributed by atoms with Crippen molar-refractivity contribution in [1.82, 2.24) is 10.3 Å². The number of benzene rings is 2. The van der Waals surface area contributed by atoms with Gasteiger partial charge in [0, 0.05) is 31.9 Å². The van der Waals surface area contributed by atoms with E-state index in [1.807, 2.05) is 51.4 Å². The molecular formula is C22H25N3OS. The summed E-state index contributed by atoms with van der Waals surface area (Å²) in [4.78, 5) is 19.8. The Morgan fingerprint density at radius 3 is 2.44 bits per heavy atom. The zero-order valence-corrected chi connectivity index (χ0v) is 16.8. The van der Waals surface area contributed by atoms with Gasteiger partial charge in [-0.25, -0.2) is 4.98 Å². The normalized spacial score (nSPS) is 10.6. The van der Waals surface area contributed by atoms with Crippen LogP contribution in [-0.2, 0) is 6.42 Å². The summed E-state index contributed by atoms with van der Waals surface area (Å²) in [5.41, 5.74) is 4.32. The Morgan fingerprint density at radius 2 is 1.78 bits per heavy atom. The summed E-state index contributed by atoms with van der Waals surface area (Å²) in [6, 6.07) is 18.5. The highest BCUT2D eigenvalue weighted by atomic mass is 32.1. The second kappa shape index (κ2) is 8.82. The van der Waals surface area contributed by atoms with Crippen LogP contribution in [0, 0.1) is 6.92 Å². The zero-order valence-electron chi connectivity index (χ0n) is 16.0. The number of hydrogen-bond donors (Lipinski definition) is 1. The van der Waals surface area contributed by atoms with Crippen molar-refractivity contribution in [2.45, 2.75) is 19.8 Å². The fourth-order valence-corrected chi connectivity index (χ4v) is 3.83. The topological polar surface area (TPSA) is 45.2 Å². The predicted octanol–water partition coefficient (Wildman–Crippen LogP) is 4.55. The van der Waals surface area contributed by atoms with Crippen molar-refractivity contribution in [2.24, 2.45) is 0 Å². The smallest absolute Gasteiger partial charge is 0.263 e.